The van der Waals surface area contributed by atoms with Crippen LogP contribution in [0, 0.1) is 5.92 Å². The van der Waals surface area contributed by atoms with Gasteiger partial charge in [0.2, 0.25) is 5.91 Å². The number of piperidine rings is 1. The fourth-order valence-corrected chi connectivity index (χ4v) is 3.68. The molecule has 0 aliphatic carbocycles. The summed E-state index contributed by atoms with van der Waals surface area (Å²) in [5.74, 6) is 0.322. The molecule has 2 aromatic rings. The number of nitrogens with one attached hydrogen (secondary N) is 1. The Morgan fingerprint density at radius 2 is 1.89 bits per heavy atom. The van der Waals surface area contributed by atoms with Crippen molar-refractivity contribution in [3.8, 4) is 0 Å². The maximum absolute atomic E-state index is 12.7. The number of hydrogen-bond donors (Lipinski definition) is 1. The first-order valence-electron chi connectivity index (χ1n) is 9.16. The molecular formula is C19H22Cl2N4O3. The standard InChI is InChI=1S/C19H22Cl2N4O3/c1-2-28-19(27)24-10-7-13(8-11-24)18(26)23-17-6-9-22-25(17)12-14-15(20)4-3-5-16(14)21/h3-6,9,13H,2,7-8,10-12H2,1H3,(H,23,26). The van der Waals surface area contributed by atoms with E-state index in [2.05, 4.69) is 10.4 Å². The minimum Gasteiger partial charge on any atom is -0.450 e. The number of ether oxygens (including phenoxy) is 1. The number of benzene rings is 1. The molecule has 1 saturated heterocycles. The van der Waals surface area contributed by atoms with Gasteiger partial charge >= 0.3 is 6.09 Å². The van der Waals surface area contributed by atoms with Crippen molar-refractivity contribution in [3.63, 3.8) is 0 Å². The minimum absolute atomic E-state index is 0.0875. The molecule has 1 fully saturated rings. The van der Waals surface area contributed by atoms with Gasteiger partial charge in [0, 0.05) is 40.7 Å². The molecule has 1 aromatic heterocycles. The number of hydrogen-bond acceptors (Lipinski definition) is 4. The van der Waals surface area contributed by atoms with Crippen LogP contribution in [-0.2, 0) is 16.1 Å². The molecule has 9 heteroatoms. The van der Waals surface area contributed by atoms with Crippen LogP contribution in [0.15, 0.2) is 30.5 Å². The maximum atomic E-state index is 12.7. The number of carbonyl (C=O) groups excluding carboxylic acids is 2. The van der Waals surface area contributed by atoms with Gasteiger partial charge in [-0.2, -0.15) is 5.10 Å². The molecule has 0 bridgehead atoms. The maximum Gasteiger partial charge on any atom is 0.409 e. The molecule has 1 aliphatic heterocycles. The second-order valence-electron chi connectivity index (χ2n) is 6.52. The Morgan fingerprint density at radius 3 is 2.54 bits per heavy atom. The normalized spacial score (nSPS) is 14.8. The quantitative estimate of drug-likeness (QED) is 0.785. The van der Waals surface area contributed by atoms with Crippen molar-refractivity contribution in [3.05, 3.63) is 46.1 Å². The lowest BCUT2D eigenvalue weighted by Gasteiger charge is -2.30. The van der Waals surface area contributed by atoms with Crippen molar-refractivity contribution >= 4 is 41.0 Å². The number of carbonyl (C=O) groups is 2. The van der Waals surface area contributed by atoms with Gasteiger partial charge in [-0.25, -0.2) is 9.48 Å². The van der Waals surface area contributed by atoms with Gasteiger partial charge in [0.25, 0.3) is 0 Å². The summed E-state index contributed by atoms with van der Waals surface area (Å²) in [5.41, 5.74) is 0.743. The average Bonchev–Trinajstić information content (AvgIpc) is 3.12. The van der Waals surface area contributed by atoms with Gasteiger partial charge in [-0.1, -0.05) is 29.3 Å². The highest BCUT2D eigenvalue weighted by atomic mass is 35.5. The molecule has 0 radical (unpaired) electrons. The summed E-state index contributed by atoms with van der Waals surface area (Å²) in [6.07, 6.45) is 2.48. The Balaban J connectivity index is 1.60. The summed E-state index contributed by atoms with van der Waals surface area (Å²) >= 11 is 12.5. The molecule has 7 nitrogen and oxygen atoms in total. The van der Waals surface area contributed by atoms with Crippen molar-refractivity contribution < 1.29 is 14.3 Å². The lowest BCUT2D eigenvalue weighted by atomic mass is 9.96. The van der Waals surface area contributed by atoms with E-state index in [0.717, 1.165) is 5.56 Å². The molecular weight excluding hydrogens is 403 g/mol. The summed E-state index contributed by atoms with van der Waals surface area (Å²) in [6.45, 7) is 3.48. The molecule has 1 N–H and O–H groups in total. The van der Waals surface area contributed by atoms with Gasteiger partial charge in [-0.05, 0) is 31.9 Å². The van der Waals surface area contributed by atoms with Crippen LogP contribution in [0.4, 0.5) is 10.6 Å². The fraction of sp³-hybridized carbons (Fsp3) is 0.421. The van der Waals surface area contributed by atoms with Crippen LogP contribution in [-0.4, -0.2) is 46.4 Å². The van der Waals surface area contributed by atoms with E-state index in [9.17, 15) is 9.59 Å². The molecule has 2 heterocycles. The summed E-state index contributed by atoms with van der Waals surface area (Å²) in [5, 5.41) is 8.29. The smallest absolute Gasteiger partial charge is 0.409 e. The van der Waals surface area contributed by atoms with Gasteiger partial charge in [0.15, 0.2) is 0 Å². The molecule has 28 heavy (non-hydrogen) atoms. The monoisotopic (exact) mass is 424 g/mol. The zero-order valence-corrected chi connectivity index (χ0v) is 17.0. The fourth-order valence-electron chi connectivity index (χ4n) is 3.17. The van der Waals surface area contributed by atoms with E-state index in [0.29, 0.717) is 54.9 Å². The van der Waals surface area contributed by atoms with E-state index in [-0.39, 0.29) is 17.9 Å². The van der Waals surface area contributed by atoms with Crippen molar-refractivity contribution in [1.29, 1.82) is 0 Å². The van der Waals surface area contributed by atoms with E-state index >= 15 is 0 Å². The van der Waals surface area contributed by atoms with Crippen LogP contribution in [0.2, 0.25) is 10.0 Å². The lowest BCUT2D eigenvalue weighted by Crippen LogP contribution is -2.41. The SMILES string of the molecule is CCOC(=O)N1CCC(C(=O)Nc2ccnn2Cc2c(Cl)cccc2Cl)CC1. The zero-order valence-electron chi connectivity index (χ0n) is 15.5. The number of anilines is 1. The third-order valence-electron chi connectivity index (χ3n) is 4.73. The van der Waals surface area contributed by atoms with Crippen LogP contribution in [0.1, 0.15) is 25.3 Å². The topological polar surface area (TPSA) is 76.5 Å². The number of halogens is 2. The van der Waals surface area contributed by atoms with Crippen LogP contribution in [0.25, 0.3) is 0 Å². The summed E-state index contributed by atoms with van der Waals surface area (Å²) in [7, 11) is 0. The molecule has 2 amide bonds. The largest absolute Gasteiger partial charge is 0.450 e. The second-order valence-corrected chi connectivity index (χ2v) is 7.34. The highest BCUT2D eigenvalue weighted by Gasteiger charge is 2.28. The highest BCUT2D eigenvalue weighted by Crippen LogP contribution is 2.26. The van der Waals surface area contributed by atoms with Crippen LogP contribution in [0.3, 0.4) is 0 Å². The van der Waals surface area contributed by atoms with E-state index < -0.39 is 0 Å². The first kappa shape index (κ1) is 20.5. The zero-order chi connectivity index (χ0) is 20.1. The third kappa shape index (κ3) is 4.77. The molecule has 0 saturated carbocycles. The molecule has 3 rings (SSSR count). The molecule has 1 aliphatic rings. The van der Waals surface area contributed by atoms with Crippen LogP contribution in [0.5, 0.6) is 0 Å². The van der Waals surface area contributed by atoms with Crippen molar-refractivity contribution in [1.82, 2.24) is 14.7 Å². The Morgan fingerprint density at radius 1 is 1.21 bits per heavy atom. The average molecular weight is 425 g/mol. The van der Waals surface area contributed by atoms with E-state index in [1.54, 1.807) is 47.0 Å². The van der Waals surface area contributed by atoms with E-state index in [1.807, 2.05) is 0 Å². The predicted octanol–water partition coefficient (Wildman–Crippen LogP) is 4.05. The van der Waals surface area contributed by atoms with Crippen LogP contribution >= 0.6 is 23.2 Å². The van der Waals surface area contributed by atoms with Crippen LogP contribution < -0.4 is 5.32 Å². The number of aromatic nitrogens is 2. The number of likely N-dealkylation sites (tertiary alicyclic amines) is 1. The van der Waals surface area contributed by atoms with Gasteiger partial charge in [0.1, 0.15) is 5.82 Å². The molecule has 150 valence electrons. The van der Waals surface area contributed by atoms with E-state index in [4.69, 9.17) is 27.9 Å². The Kier molecular flexibility index (Phi) is 6.80. The summed E-state index contributed by atoms with van der Waals surface area (Å²) in [4.78, 5) is 26.1. The second kappa shape index (κ2) is 9.30. The molecule has 0 spiro atoms. The summed E-state index contributed by atoms with van der Waals surface area (Å²) < 4.78 is 6.66. The lowest BCUT2D eigenvalue weighted by molar-refractivity contribution is -0.121. The third-order valence-corrected chi connectivity index (χ3v) is 5.44. The first-order chi connectivity index (χ1) is 13.5. The number of amides is 2. The van der Waals surface area contributed by atoms with Gasteiger partial charge in [-0.3, -0.25) is 4.79 Å². The molecule has 0 atom stereocenters. The Bertz CT molecular complexity index is 827. The van der Waals surface area contributed by atoms with Crippen molar-refractivity contribution in [2.24, 2.45) is 5.92 Å². The Hall–Kier alpha value is -2.25. The van der Waals surface area contributed by atoms with E-state index in [1.165, 1.54) is 0 Å². The van der Waals surface area contributed by atoms with Crippen molar-refractivity contribution in [2.45, 2.75) is 26.3 Å². The first-order valence-corrected chi connectivity index (χ1v) is 9.92. The predicted molar refractivity (Wildman–Crippen MR) is 108 cm³/mol. The molecule has 0 unspecified atom stereocenters. The number of rotatable bonds is 5. The summed E-state index contributed by atoms with van der Waals surface area (Å²) in [6, 6.07) is 7.04. The van der Waals surface area contributed by atoms with Crippen molar-refractivity contribution in [2.75, 3.05) is 25.0 Å². The van der Waals surface area contributed by atoms with Gasteiger partial charge < -0.3 is 15.0 Å². The number of nitrogens with zero attached hydrogens (tertiary/aromatic N) is 3. The van der Waals surface area contributed by atoms with Gasteiger partial charge in [0.05, 0.1) is 19.3 Å². The minimum atomic E-state index is -0.323. The van der Waals surface area contributed by atoms with Gasteiger partial charge in [-0.15, -0.1) is 0 Å². The highest BCUT2D eigenvalue weighted by molar-refractivity contribution is 6.36. The Labute approximate surface area is 173 Å². The molecule has 1 aromatic carbocycles.